The number of halogens is 2. The Bertz CT molecular complexity index is 907. The first-order chi connectivity index (χ1) is 11.9. The van der Waals surface area contributed by atoms with E-state index in [1.807, 2.05) is 30.3 Å². The van der Waals surface area contributed by atoms with Gasteiger partial charge in [-0.3, -0.25) is 4.79 Å². The summed E-state index contributed by atoms with van der Waals surface area (Å²) in [5.74, 6) is -1.37. The third-order valence-corrected chi connectivity index (χ3v) is 3.20. The van der Waals surface area contributed by atoms with E-state index in [1.54, 1.807) is 6.07 Å². The number of fused-ring (bicyclic) bond motifs is 1. The molecule has 137 valence electrons. The van der Waals surface area contributed by atoms with Crippen LogP contribution in [0.1, 0.15) is 13.8 Å². The van der Waals surface area contributed by atoms with Gasteiger partial charge in [0.05, 0.1) is 5.76 Å². The maximum Gasteiger partial charge on any atom is 0.155 e. The molecular weight excluding hydrogens is 514 g/mol. The molecule has 0 aliphatic rings. The monoisotopic (exact) mass is 531 g/mol. The summed E-state index contributed by atoms with van der Waals surface area (Å²) in [6.45, 7) is 2.85. The summed E-state index contributed by atoms with van der Waals surface area (Å²) in [6, 6.07) is 18.9. The summed E-state index contributed by atoms with van der Waals surface area (Å²) >= 11 is 0. The molecule has 0 saturated carbocycles. The van der Waals surface area contributed by atoms with Crippen molar-refractivity contribution in [1.82, 2.24) is 0 Å². The second-order valence-corrected chi connectivity index (χ2v) is 5.40. The molecule has 0 saturated heterocycles. The topological polar surface area (TPSA) is 37.3 Å². The number of aliphatic hydroxyl groups is 1. The van der Waals surface area contributed by atoms with Gasteiger partial charge < -0.3 is 5.11 Å². The maximum atomic E-state index is 13.2. The van der Waals surface area contributed by atoms with Crippen LogP contribution in [0, 0.1) is 23.8 Å². The average molecular weight is 531 g/mol. The van der Waals surface area contributed by atoms with Crippen LogP contribution in [0.15, 0.2) is 60.4 Å². The molecule has 0 aliphatic carbocycles. The Hall–Kier alpha value is -2.36. The number of rotatable bonds is 2. The summed E-state index contributed by atoms with van der Waals surface area (Å²) in [5.41, 5.74) is 1.04. The molecule has 26 heavy (non-hydrogen) atoms. The van der Waals surface area contributed by atoms with E-state index in [0.717, 1.165) is 16.8 Å². The molecule has 0 atom stereocenters. The molecule has 1 radical (unpaired) electrons. The van der Waals surface area contributed by atoms with Crippen LogP contribution in [0.4, 0.5) is 8.78 Å². The molecule has 1 N–H and O–H groups in total. The summed E-state index contributed by atoms with van der Waals surface area (Å²) in [5, 5.41) is 10.3. The minimum atomic E-state index is -0.702. The summed E-state index contributed by atoms with van der Waals surface area (Å²) in [7, 11) is 0. The van der Waals surface area contributed by atoms with E-state index in [1.165, 1.54) is 26.0 Å². The van der Waals surface area contributed by atoms with E-state index in [4.69, 9.17) is 5.11 Å². The number of benzene rings is 3. The molecule has 3 aromatic carbocycles. The van der Waals surface area contributed by atoms with Gasteiger partial charge in [-0.15, -0.1) is 22.9 Å². The van der Waals surface area contributed by atoms with Gasteiger partial charge in [0.1, 0.15) is 0 Å². The standard InChI is InChI=1S/C16H8F2.C5H8O2.Ir/c17-13-8-12(9-14(18)10-13)16-7-3-5-11-4-1-2-6-15(11)16;1-4(6)3-5(2)7;/h1-6,8,10H;3,6H,1-2H3;/q-2;;. The van der Waals surface area contributed by atoms with Crippen LogP contribution in [0.2, 0.25) is 0 Å². The Morgan fingerprint density at radius 1 is 1.12 bits per heavy atom. The van der Waals surface area contributed by atoms with Crippen molar-refractivity contribution in [3.63, 3.8) is 0 Å². The molecule has 0 heterocycles. The van der Waals surface area contributed by atoms with E-state index in [9.17, 15) is 13.6 Å². The zero-order valence-corrected chi connectivity index (χ0v) is 16.5. The van der Waals surface area contributed by atoms with Gasteiger partial charge in [-0.25, -0.2) is 19.9 Å². The van der Waals surface area contributed by atoms with Gasteiger partial charge in [0.25, 0.3) is 0 Å². The van der Waals surface area contributed by atoms with Crippen molar-refractivity contribution in [1.29, 1.82) is 0 Å². The Kier molecular flexibility index (Phi) is 8.30. The molecule has 0 aromatic heterocycles. The smallest absolute Gasteiger partial charge is 0.155 e. The van der Waals surface area contributed by atoms with Crippen LogP contribution >= 0.6 is 0 Å². The number of ketones is 1. The molecule has 3 aromatic rings. The first-order valence-electron chi connectivity index (χ1n) is 7.53. The normalized spacial score (nSPS) is 10.5. The molecule has 2 nitrogen and oxygen atoms in total. The molecule has 0 unspecified atom stereocenters. The van der Waals surface area contributed by atoms with Gasteiger partial charge in [-0.05, 0) is 13.8 Å². The van der Waals surface area contributed by atoms with Crippen molar-refractivity contribution in [3.05, 3.63) is 84.1 Å². The molecule has 0 aliphatic heterocycles. The number of carbonyl (C=O) groups excluding carboxylic acids is 1. The first kappa shape index (κ1) is 21.7. The molecule has 0 spiro atoms. The van der Waals surface area contributed by atoms with Crippen LogP contribution in [0.25, 0.3) is 21.9 Å². The fourth-order valence-electron chi connectivity index (χ4n) is 2.32. The Morgan fingerprint density at radius 2 is 1.81 bits per heavy atom. The van der Waals surface area contributed by atoms with Crippen molar-refractivity contribution >= 4 is 16.6 Å². The number of aliphatic hydroxyl groups excluding tert-OH is 1. The summed E-state index contributed by atoms with van der Waals surface area (Å²) in [4.78, 5) is 10.0. The van der Waals surface area contributed by atoms with Gasteiger partial charge in [0, 0.05) is 37.8 Å². The maximum absolute atomic E-state index is 13.2. The van der Waals surface area contributed by atoms with E-state index < -0.39 is 11.6 Å². The summed E-state index contributed by atoms with van der Waals surface area (Å²) in [6.07, 6.45) is 1.17. The van der Waals surface area contributed by atoms with Gasteiger partial charge >= 0.3 is 0 Å². The van der Waals surface area contributed by atoms with Crippen LogP contribution in [-0.4, -0.2) is 10.9 Å². The van der Waals surface area contributed by atoms with Gasteiger partial charge in [-0.2, -0.15) is 24.3 Å². The molecule has 5 heteroatoms. The first-order valence-corrected chi connectivity index (χ1v) is 7.53. The van der Waals surface area contributed by atoms with Crippen molar-refractivity contribution in [3.8, 4) is 11.1 Å². The minimum absolute atomic E-state index is 0. The number of carbonyl (C=O) groups is 1. The van der Waals surface area contributed by atoms with Crippen molar-refractivity contribution in [2.24, 2.45) is 0 Å². The SMILES string of the molecule is CC(=O)C=C(C)O.Fc1[c-]c(-c2[c-]ccc3ccccc23)cc(F)c1.[Ir]. The van der Waals surface area contributed by atoms with Crippen molar-refractivity contribution < 1.29 is 38.8 Å². The van der Waals surface area contributed by atoms with Gasteiger partial charge in [0.2, 0.25) is 0 Å². The number of hydrogen-bond acceptors (Lipinski definition) is 2. The Labute approximate surface area is 164 Å². The second-order valence-electron chi connectivity index (χ2n) is 5.40. The number of allylic oxidation sites excluding steroid dienone is 2. The fraction of sp³-hybridized carbons (Fsp3) is 0.0952. The molecular formula is C21H16F2IrO2-2. The van der Waals surface area contributed by atoms with Gasteiger partial charge in [-0.1, -0.05) is 24.3 Å². The third kappa shape index (κ3) is 6.17. The van der Waals surface area contributed by atoms with E-state index in [-0.39, 0.29) is 31.6 Å². The zero-order valence-electron chi connectivity index (χ0n) is 14.1. The zero-order chi connectivity index (χ0) is 18.4. The average Bonchev–Trinajstić information content (AvgIpc) is 2.52. The van der Waals surface area contributed by atoms with E-state index >= 15 is 0 Å². The molecule has 0 amide bonds. The van der Waals surface area contributed by atoms with Crippen LogP contribution in [0.3, 0.4) is 0 Å². The molecule has 0 fully saturated rings. The Morgan fingerprint density at radius 3 is 2.38 bits per heavy atom. The second kappa shape index (κ2) is 9.95. The van der Waals surface area contributed by atoms with E-state index in [0.29, 0.717) is 11.1 Å². The van der Waals surface area contributed by atoms with Crippen LogP contribution in [-0.2, 0) is 24.9 Å². The van der Waals surface area contributed by atoms with Crippen molar-refractivity contribution in [2.45, 2.75) is 13.8 Å². The molecule has 3 rings (SSSR count). The van der Waals surface area contributed by atoms with Crippen LogP contribution < -0.4 is 0 Å². The van der Waals surface area contributed by atoms with E-state index in [2.05, 4.69) is 12.1 Å². The Balaban J connectivity index is 0.000000366. The predicted molar refractivity (Wildman–Crippen MR) is 94.0 cm³/mol. The van der Waals surface area contributed by atoms with Crippen LogP contribution in [0.5, 0.6) is 0 Å². The summed E-state index contributed by atoms with van der Waals surface area (Å²) < 4.78 is 26.4. The third-order valence-electron chi connectivity index (χ3n) is 3.20. The van der Waals surface area contributed by atoms with Crippen molar-refractivity contribution in [2.75, 3.05) is 0 Å². The largest absolute Gasteiger partial charge is 0.512 e. The quantitative estimate of drug-likeness (QED) is 0.273. The minimum Gasteiger partial charge on any atom is -0.512 e. The van der Waals surface area contributed by atoms with Gasteiger partial charge in [0.15, 0.2) is 5.78 Å². The fourth-order valence-corrected chi connectivity index (χ4v) is 2.32. The molecule has 0 bridgehead atoms. The number of hydrogen-bond donors (Lipinski definition) is 1. The predicted octanol–water partition coefficient (Wildman–Crippen LogP) is 5.42.